The van der Waals surface area contributed by atoms with Gasteiger partial charge in [-0.1, -0.05) is 37.6 Å². The molecular formula is C21H29ClN2O2. The van der Waals surface area contributed by atoms with Crippen LogP contribution in [0.25, 0.3) is 0 Å². The van der Waals surface area contributed by atoms with Crippen LogP contribution in [0.1, 0.15) is 45.1 Å². The van der Waals surface area contributed by atoms with Crippen molar-refractivity contribution >= 4 is 11.6 Å². The molecule has 0 atom stereocenters. The molecule has 1 fully saturated rings. The fraction of sp³-hybridized carbons (Fsp3) is 0.571. The standard InChI is InChI=1S/C21H29ClN2O2/c1-3-20(4-2)15-25-21(26-16-20,14-24-13-12-23-17-24)11-5-6-18-7-9-19(22)10-8-18/h7-10,12-13,17H,3-6,11,14-16H2,1-2H3. The monoisotopic (exact) mass is 376 g/mol. The molecule has 0 unspecified atom stereocenters. The number of halogens is 1. The molecule has 4 nitrogen and oxygen atoms in total. The molecule has 0 radical (unpaired) electrons. The molecule has 2 aromatic rings. The third-order valence-corrected chi connectivity index (χ3v) is 5.95. The van der Waals surface area contributed by atoms with Crippen molar-refractivity contribution in [2.75, 3.05) is 13.2 Å². The molecule has 26 heavy (non-hydrogen) atoms. The minimum Gasteiger partial charge on any atom is -0.348 e. The first kappa shape index (κ1) is 19.4. The van der Waals surface area contributed by atoms with Gasteiger partial charge in [-0.05, 0) is 43.4 Å². The van der Waals surface area contributed by atoms with E-state index in [0.29, 0.717) is 6.54 Å². The summed E-state index contributed by atoms with van der Waals surface area (Å²) in [5, 5.41) is 0.778. The van der Waals surface area contributed by atoms with Crippen molar-refractivity contribution < 1.29 is 9.47 Å². The van der Waals surface area contributed by atoms with Crippen LogP contribution >= 0.6 is 11.6 Å². The maximum absolute atomic E-state index is 6.40. The highest BCUT2D eigenvalue weighted by Crippen LogP contribution is 2.38. The van der Waals surface area contributed by atoms with E-state index in [4.69, 9.17) is 21.1 Å². The number of hydrogen-bond donors (Lipinski definition) is 0. The van der Waals surface area contributed by atoms with Gasteiger partial charge in [-0.2, -0.15) is 0 Å². The summed E-state index contributed by atoms with van der Waals surface area (Å²) in [7, 11) is 0. The van der Waals surface area contributed by atoms with E-state index in [1.165, 1.54) is 5.56 Å². The average Bonchev–Trinajstić information content (AvgIpc) is 3.17. The first-order valence-corrected chi connectivity index (χ1v) is 9.95. The Balaban J connectivity index is 1.65. The lowest BCUT2D eigenvalue weighted by molar-refractivity contribution is -0.313. The summed E-state index contributed by atoms with van der Waals surface area (Å²) in [6.07, 6.45) is 10.6. The van der Waals surface area contributed by atoms with E-state index in [-0.39, 0.29) is 5.41 Å². The molecule has 5 heteroatoms. The maximum Gasteiger partial charge on any atom is 0.186 e. The van der Waals surface area contributed by atoms with Gasteiger partial charge in [0, 0.05) is 29.3 Å². The van der Waals surface area contributed by atoms with Crippen LogP contribution in [0.3, 0.4) is 0 Å². The van der Waals surface area contributed by atoms with Crippen molar-refractivity contribution in [3.63, 3.8) is 0 Å². The van der Waals surface area contributed by atoms with Crippen LogP contribution < -0.4 is 0 Å². The molecule has 0 amide bonds. The van der Waals surface area contributed by atoms with E-state index < -0.39 is 5.79 Å². The van der Waals surface area contributed by atoms with Crippen LogP contribution in [0.2, 0.25) is 5.02 Å². The number of aromatic nitrogens is 2. The zero-order chi connectivity index (χ0) is 18.5. The second kappa shape index (κ2) is 8.55. The van der Waals surface area contributed by atoms with Crippen molar-refractivity contribution in [3.8, 4) is 0 Å². The van der Waals surface area contributed by atoms with E-state index in [1.807, 2.05) is 29.2 Å². The lowest BCUT2D eigenvalue weighted by Gasteiger charge is -2.46. The Morgan fingerprint density at radius 2 is 1.81 bits per heavy atom. The largest absolute Gasteiger partial charge is 0.348 e. The summed E-state index contributed by atoms with van der Waals surface area (Å²) in [6.45, 7) is 6.64. The Morgan fingerprint density at radius 3 is 2.38 bits per heavy atom. The molecular weight excluding hydrogens is 348 g/mol. The minimum atomic E-state index is -0.568. The van der Waals surface area contributed by atoms with E-state index in [2.05, 4.69) is 31.0 Å². The second-order valence-corrected chi connectivity index (χ2v) is 7.85. The quantitative estimate of drug-likeness (QED) is 0.642. The van der Waals surface area contributed by atoms with Gasteiger partial charge in [0.1, 0.15) is 0 Å². The molecule has 1 aromatic heterocycles. The first-order chi connectivity index (χ1) is 12.6. The Morgan fingerprint density at radius 1 is 1.12 bits per heavy atom. The summed E-state index contributed by atoms with van der Waals surface area (Å²) in [5.74, 6) is -0.568. The van der Waals surface area contributed by atoms with E-state index >= 15 is 0 Å². The van der Waals surface area contributed by atoms with Gasteiger partial charge >= 0.3 is 0 Å². The van der Waals surface area contributed by atoms with Gasteiger partial charge in [-0.3, -0.25) is 0 Å². The highest BCUT2D eigenvalue weighted by atomic mass is 35.5. The number of ether oxygens (including phenoxy) is 2. The molecule has 0 N–H and O–H groups in total. The number of rotatable bonds is 8. The highest BCUT2D eigenvalue weighted by molar-refractivity contribution is 6.30. The number of benzene rings is 1. The summed E-state index contributed by atoms with van der Waals surface area (Å²) in [5.41, 5.74) is 1.44. The fourth-order valence-electron chi connectivity index (χ4n) is 3.50. The molecule has 1 saturated heterocycles. The van der Waals surface area contributed by atoms with Gasteiger partial charge < -0.3 is 14.0 Å². The summed E-state index contributed by atoms with van der Waals surface area (Å²) >= 11 is 5.97. The van der Waals surface area contributed by atoms with Crippen molar-refractivity contribution in [1.29, 1.82) is 0 Å². The van der Waals surface area contributed by atoms with E-state index in [1.54, 1.807) is 6.20 Å². The highest BCUT2D eigenvalue weighted by Gasteiger charge is 2.43. The zero-order valence-electron chi connectivity index (χ0n) is 15.8. The molecule has 142 valence electrons. The molecule has 1 aliphatic heterocycles. The topological polar surface area (TPSA) is 36.3 Å². The predicted octanol–water partition coefficient (Wildman–Crippen LogP) is 5.11. The third kappa shape index (κ3) is 4.67. The molecule has 0 spiro atoms. The molecule has 3 rings (SSSR count). The van der Waals surface area contributed by atoms with Crippen molar-refractivity contribution in [2.24, 2.45) is 5.41 Å². The van der Waals surface area contributed by atoms with E-state index in [9.17, 15) is 0 Å². The number of nitrogens with zero attached hydrogens (tertiary/aromatic N) is 2. The van der Waals surface area contributed by atoms with Crippen LogP contribution in [0.4, 0.5) is 0 Å². The fourth-order valence-corrected chi connectivity index (χ4v) is 3.62. The summed E-state index contributed by atoms with van der Waals surface area (Å²) in [4.78, 5) is 4.16. The van der Waals surface area contributed by atoms with Crippen LogP contribution in [0.15, 0.2) is 43.0 Å². The van der Waals surface area contributed by atoms with Gasteiger partial charge in [-0.25, -0.2) is 4.98 Å². The lowest BCUT2D eigenvalue weighted by atomic mass is 9.83. The number of imidazole rings is 1. The smallest absolute Gasteiger partial charge is 0.186 e. The van der Waals surface area contributed by atoms with Crippen LogP contribution in [0, 0.1) is 5.41 Å². The molecule has 1 aliphatic rings. The minimum absolute atomic E-state index is 0.147. The second-order valence-electron chi connectivity index (χ2n) is 7.41. The predicted molar refractivity (Wildman–Crippen MR) is 104 cm³/mol. The SMILES string of the molecule is CCC1(CC)COC(CCCc2ccc(Cl)cc2)(Cn2ccnc2)OC1. The molecule has 0 aliphatic carbocycles. The van der Waals surface area contributed by atoms with Gasteiger partial charge in [0.25, 0.3) is 0 Å². The molecule has 0 saturated carbocycles. The first-order valence-electron chi connectivity index (χ1n) is 9.57. The van der Waals surface area contributed by atoms with Crippen molar-refractivity contribution in [2.45, 2.75) is 58.3 Å². The molecule has 1 aromatic carbocycles. The van der Waals surface area contributed by atoms with Gasteiger partial charge in [-0.15, -0.1) is 0 Å². The Kier molecular flexibility index (Phi) is 6.38. The Hall–Kier alpha value is -1.36. The van der Waals surface area contributed by atoms with Gasteiger partial charge in [0.15, 0.2) is 5.79 Å². The van der Waals surface area contributed by atoms with Crippen molar-refractivity contribution in [1.82, 2.24) is 9.55 Å². The van der Waals surface area contributed by atoms with Gasteiger partial charge in [0.2, 0.25) is 0 Å². The lowest BCUT2D eigenvalue weighted by Crippen LogP contribution is -2.51. The number of hydrogen-bond acceptors (Lipinski definition) is 3. The Labute approximate surface area is 161 Å². The maximum atomic E-state index is 6.40. The van der Waals surface area contributed by atoms with Crippen LogP contribution in [-0.4, -0.2) is 28.6 Å². The van der Waals surface area contributed by atoms with Crippen LogP contribution in [-0.2, 0) is 22.4 Å². The Bertz CT molecular complexity index is 656. The average molecular weight is 377 g/mol. The zero-order valence-corrected chi connectivity index (χ0v) is 16.5. The van der Waals surface area contributed by atoms with Crippen molar-refractivity contribution in [3.05, 3.63) is 53.6 Å². The van der Waals surface area contributed by atoms with Gasteiger partial charge in [0.05, 0.1) is 26.1 Å². The third-order valence-electron chi connectivity index (χ3n) is 5.70. The summed E-state index contributed by atoms with van der Waals surface area (Å²) < 4.78 is 14.9. The van der Waals surface area contributed by atoms with Crippen LogP contribution in [0.5, 0.6) is 0 Å². The molecule has 2 heterocycles. The number of aryl methyl sites for hydroxylation is 1. The summed E-state index contributed by atoms with van der Waals surface area (Å²) in [6, 6.07) is 8.07. The van der Waals surface area contributed by atoms with E-state index in [0.717, 1.165) is 50.3 Å². The molecule has 0 bridgehead atoms. The normalized spacial score (nSPS) is 18.7.